The molecule has 0 amide bonds. The van der Waals surface area contributed by atoms with Crippen LogP contribution in [-0.4, -0.2) is 110 Å². The zero-order chi connectivity index (χ0) is 31.1. The first-order valence-electron chi connectivity index (χ1n) is 13.1. The molecule has 2 saturated heterocycles. The minimum absolute atomic E-state index is 0.000353. The molecule has 0 bridgehead atoms. The molecule has 3 aromatic rings. The summed E-state index contributed by atoms with van der Waals surface area (Å²) in [7, 11) is 0. The lowest BCUT2D eigenvalue weighted by Gasteiger charge is -2.42. The smallest absolute Gasteiger partial charge is 0.308 e. The lowest BCUT2D eigenvalue weighted by molar-refractivity contribution is -0.313. The van der Waals surface area contributed by atoms with Crippen molar-refractivity contribution in [3.05, 3.63) is 52.7 Å². The first-order chi connectivity index (χ1) is 20.4. The van der Waals surface area contributed by atoms with Gasteiger partial charge in [-0.3, -0.25) is 9.59 Å². The van der Waals surface area contributed by atoms with Gasteiger partial charge >= 0.3 is 5.97 Å². The van der Waals surface area contributed by atoms with Gasteiger partial charge in [-0.1, -0.05) is 0 Å². The number of aliphatic hydroxyl groups is 6. The SMILES string of the molecule is CC(=O)Oc1cc(O[C@@H]2O[C@H](CO)[C@@H](OC3OC[C@](O)(CO)[C@H]3O)[C@H](O)[C@H]2O)cc2oc(-c3ccc(O)cc3)cc(=O)c12. The molecule has 7 N–H and O–H groups in total. The molecule has 0 spiro atoms. The lowest BCUT2D eigenvalue weighted by Crippen LogP contribution is -2.62. The molecule has 8 atom stereocenters. The quantitative estimate of drug-likeness (QED) is 0.117. The fourth-order valence-electron chi connectivity index (χ4n) is 4.82. The maximum Gasteiger partial charge on any atom is 0.308 e. The van der Waals surface area contributed by atoms with Crippen LogP contribution in [0.3, 0.4) is 0 Å². The van der Waals surface area contributed by atoms with Crippen molar-refractivity contribution in [3.63, 3.8) is 0 Å². The van der Waals surface area contributed by atoms with Gasteiger partial charge in [0.05, 0.1) is 19.8 Å². The van der Waals surface area contributed by atoms with Gasteiger partial charge in [0.2, 0.25) is 6.29 Å². The second-order valence-electron chi connectivity index (χ2n) is 10.2. The van der Waals surface area contributed by atoms with Gasteiger partial charge in [0.25, 0.3) is 0 Å². The van der Waals surface area contributed by atoms with E-state index in [2.05, 4.69) is 0 Å². The summed E-state index contributed by atoms with van der Waals surface area (Å²) < 4.78 is 33.2. The highest BCUT2D eigenvalue weighted by Gasteiger charge is 2.53. The molecule has 232 valence electrons. The number of phenols is 1. The monoisotopic (exact) mass is 606 g/mol. The van der Waals surface area contributed by atoms with E-state index in [0.29, 0.717) is 5.56 Å². The Hall–Kier alpha value is -3.64. The van der Waals surface area contributed by atoms with Gasteiger partial charge in [0.15, 0.2) is 11.7 Å². The predicted molar refractivity (Wildman–Crippen MR) is 142 cm³/mol. The number of ether oxygens (including phenoxy) is 5. The van der Waals surface area contributed by atoms with Gasteiger partial charge in [-0.2, -0.15) is 0 Å². The van der Waals surface area contributed by atoms with E-state index in [0.717, 1.165) is 6.92 Å². The van der Waals surface area contributed by atoms with Crippen LogP contribution in [0.2, 0.25) is 0 Å². The summed E-state index contributed by atoms with van der Waals surface area (Å²) in [4.78, 5) is 24.9. The van der Waals surface area contributed by atoms with Crippen LogP contribution in [0, 0.1) is 0 Å². The Kier molecular flexibility index (Phi) is 8.71. The van der Waals surface area contributed by atoms with Gasteiger partial charge in [-0.25, -0.2) is 0 Å². The summed E-state index contributed by atoms with van der Waals surface area (Å²) in [5.74, 6) is -0.974. The van der Waals surface area contributed by atoms with Gasteiger partial charge in [-0.15, -0.1) is 0 Å². The maximum absolute atomic E-state index is 13.0. The third-order valence-electron chi connectivity index (χ3n) is 7.12. The van der Waals surface area contributed by atoms with Crippen molar-refractivity contribution in [1.29, 1.82) is 0 Å². The molecule has 1 unspecified atom stereocenters. The number of phenolic OH excluding ortho intramolecular Hbond substituents is 1. The van der Waals surface area contributed by atoms with Crippen LogP contribution in [0.4, 0.5) is 0 Å². The van der Waals surface area contributed by atoms with Crippen LogP contribution in [-0.2, 0) is 19.0 Å². The van der Waals surface area contributed by atoms with Gasteiger partial charge in [-0.05, 0) is 24.3 Å². The normalized spacial score (nSPS) is 30.8. The van der Waals surface area contributed by atoms with Crippen molar-refractivity contribution in [1.82, 2.24) is 0 Å². The third kappa shape index (κ3) is 6.08. The number of esters is 1. The molecule has 43 heavy (non-hydrogen) atoms. The Morgan fingerprint density at radius 1 is 1.05 bits per heavy atom. The van der Waals surface area contributed by atoms with Crippen molar-refractivity contribution in [2.24, 2.45) is 0 Å². The van der Waals surface area contributed by atoms with Crippen molar-refractivity contribution >= 4 is 16.9 Å². The number of aliphatic hydroxyl groups excluding tert-OH is 5. The van der Waals surface area contributed by atoms with Crippen LogP contribution in [0.1, 0.15) is 6.92 Å². The zero-order valence-corrected chi connectivity index (χ0v) is 22.6. The molecule has 5 rings (SSSR count). The highest BCUT2D eigenvalue weighted by Crippen LogP contribution is 2.35. The van der Waals surface area contributed by atoms with E-state index in [-0.39, 0.29) is 34.0 Å². The predicted octanol–water partition coefficient (Wildman–Crippen LogP) is -1.27. The van der Waals surface area contributed by atoms with E-state index >= 15 is 0 Å². The second-order valence-corrected chi connectivity index (χ2v) is 10.2. The Morgan fingerprint density at radius 3 is 2.40 bits per heavy atom. The number of rotatable bonds is 8. The summed E-state index contributed by atoms with van der Waals surface area (Å²) >= 11 is 0. The zero-order valence-electron chi connectivity index (χ0n) is 22.6. The van der Waals surface area contributed by atoms with E-state index in [1.54, 1.807) is 0 Å². The van der Waals surface area contributed by atoms with Crippen LogP contribution in [0.5, 0.6) is 17.2 Å². The molecule has 3 heterocycles. The van der Waals surface area contributed by atoms with Crippen LogP contribution < -0.4 is 14.9 Å². The molecule has 2 aliphatic rings. The molecule has 0 aliphatic carbocycles. The number of hydrogen-bond acceptors (Lipinski definition) is 15. The van der Waals surface area contributed by atoms with Crippen LogP contribution in [0.25, 0.3) is 22.3 Å². The summed E-state index contributed by atoms with van der Waals surface area (Å²) in [5, 5.41) is 70.9. The van der Waals surface area contributed by atoms with Crippen molar-refractivity contribution in [2.45, 2.75) is 55.6 Å². The number of carbonyl (C=O) groups is 1. The molecule has 15 heteroatoms. The standard InChI is InChI=1S/C28H30O15/c1-12(31)39-18-6-15(7-19-21(18)16(33)8-17(41-19)13-2-4-14(32)5-3-13)40-26-23(35)22(34)24(20(9-29)42-26)43-27-25(36)28(37,10-30)11-38-27/h2-8,20,22-27,29-30,32,34-37H,9-11H2,1H3/t20-,22-,23-,24-,25+,26-,27?,28-/m1/s1. The molecule has 0 saturated carbocycles. The lowest BCUT2D eigenvalue weighted by atomic mass is 9.98. The fourth-order valence-corrected chi connectivity index (χ4v) is 4.82. The summed E-state index contributed by atoms with van der Waals surface area (Å²) in [5.41, 5.74) is -2.19. The molecule has 2 aliphatic heterocycles. The average Bonchev–Trinajstić information content (AvgIpc) is 3.25. The van der Waals surface area contributed by atoms with Crippen LogP contribution in [0.15, 0.2) is 51.7 Å². The summed E-state index contributed by atoms with van der Waals surface area (Å²) in [6.45, 7) is -0.942. The van der Waals surface area contributed by atoms with Crippen LogP contribution >= 0.6 is 0 Å². The minimum Gasteiger partial charge on any atom is -0.508 e. The van der Waals surface area contributed by atoms with E-state index < -0.39 is 79.9 Å². The average molecular weight is 607 g/mol. The van der Waals surface area contributed by atoms with E-state index in [1.165, 1.54) is 42.5 Å². The van der Waals surface area contributed by atoms with Crippen molar-refractivity contribution in [3.8, 4) is 28.6 Å². The Labute approximate surface area is 242 Å². The molecule has 2 fully saturated rings. The molecular weight excluding hydrogens is 576 g/mol. The highest BCUT2D eigenvalue weighted by atomic mass is 16.7. The fraction of sp³-hybridized carbons (Fsp3) is 0.429. The first kappa shape index (κ1) is 30.8. The van der Waals surface area contributed by atoms with E-state index in [1.807, 2.05) is 0 Å². The number of fused-ring (bicyclic) bond motifs is 1. The number of benzene rings is 2. The topological polar surface area (TPSA) is 235 Å². The first-order valence-corrected chi connectivity index (χ1v) is 13.1. The largest absolute Gasteiger partial charge is 0.508 e. The molecule has 0 radical (unpaired) electrons. The Bertz CT molecular complexity index is 1520. The van der Waals surface area contributed by atoms with Gasteiger partial charge < -0.3 is 63.8 Å². The van der Waals surface area contributed by atoms with Gasteiger partial charge in [0.1, 0.15) is 70.1 Å². The molecule has 1 aromatic heterocycles. The van der Waals surface area contributed by atoms with Gasteiger partial charge in [0, 0.05) is 30.7 Å². The van der Waals surface area contributed by atoms with E-state index in [4.69, 9.17) is 28.1 Å². The molecule has 2 aromatic carbocycles. The molecule has 15 nitrogen and oxygen atoms in total. The third-order valence-corrected chi connectivity index (χ3v) is 7.12. The van der Waals surface area contributed by atoms with Crippen molar-refractivity contribution in [2.75, 3.05) is 19.8 Å². The summed E-state index contributed by atoms with van der Waals surface area (Å²) in [6.07, 6.45) is -11.3. The molecular formula is C28H30O15. The number of hydrogen-bond donors (Lipinski definition) is 7. The number of carbonyl (C=O) groups excluding carboxylic acids is 1. The summed E-state index contributed by atoms with van der Waals surface area (Å²) in [6, 6.07) is 9.48. The van der Waals surface area contributed by atoms with E-state index in [9.17, 15) is 45.3 Å². The second kappa shape index (κ2) is 12.2. The minimum atomic E-state index is -2.02. The Balaban J connectivity index is 1.43. The number of aromatic hydroxyl groups is 1. The Morgan fingerprint density at radius 2 is 1.77 bits per heavy atom. The van der Waals surface area contributed by atoms with Crippen molar-refractivity contribution < 1.29 is 68.6 Å². The maximum atomic E-state index is 13.0. The highest BCUT2D eigenvalue weighted by molar-refractivity contribution is 5.88.